The van der Waals surface area contributed by atoms with Gasteiger partial charge in [0.05, 0.1) is 16.9 Å². The third-order valence-corrected chi connectivity index (χ3v) is 9.02. The summed E-state index contributed by atoms with van der Waals surface area (Å²) in [4.78, 5) is 19.9. The average molecular weight is 490 g/mol. The summed E-state index contributed by atoms with van der Waals surface area (Å²) < 4.78 is 27.6. The molecule has 8 nitrogen and oxygen atoms in total. The van der Waals surface area contributed by atoms with E-state index in [9.17, 15) is 13.2 Å². The molecule has 0 fully saturated rings. The molecule has 32 heavy (non-hydrogen) atoms. The minimum Gasteiger partial charge on any atom is -0.355 e. The number of nitrogens with zero attached hydrogens (tertiary/aromatic N) is 2. The largest absolute Gasteiger partial charge is 0.355 e. The number of anilines is 1. The number of para-hydroxylation sites is 1. The number of amides is 1. The summed E-state index contributed by atoms with van der Waals surface area (Å²) in [5.41, 5.74) is 2.16. The molecule has 3 aromatic heterocycles. The first-order chi connectivity index (χ1) is 15.4. The molecule has 168 valence electrons. The van der Waals surface area contributed by atoms with Crippen molar-refractivity contribution >= 4 is 55.2 Å². The number of rotatable bonds is 9. The fourth-order valence-corrected chi connectivity index (χ4v) is 6.47. The van der Waals surface area contributed by atoms with Gasteiger partial charge in [-0.3, -0.25) is 9.10 Å². The number of H-pyrrole nitrogens is 1. The van der Waals surface area contributed by atoms with Gasteiger partial charge in [-0.05, 0) is 23.6 Å². The molecule has 1 amide bonds. The summed E-state index contributed by atoms with van der Waals surface area (Å²) in [6.07, 6.45) is 1.82. The lowest BCUT2D eigenvalue weighted by Gasteiger charge is -2.19. The molecular weight excluding hydrogens is 466 g/mol. The van der Waals surface area contributed by atoms with Crippen LogP contribution in [0.1, 0.15) is 11.8 Å². The zero-order chi connectivity index (χ0) is 22.7. The molecule has 0 saturated heterocycles. The molecule has 0 radical (unpaired) electrons. The van der Waals surface area contributed by atoms with E-state index in [4.69, 9.17) is 0 Å². The van der Waals surface area contributed by atoms with E-state index in [1.54, 1.807) is 42.0 Å². The van der Waals surface area contributed by atoms with E-state index in [0.29, 0.717) is 29.5 Å². The Morgan fingerprint density at radius 1 is 1.22 bits per heavy atom. The van der Waals surface area contributed by atoms with Crippen molar-refractivity contribution in [3.63, 3.8) is 0 Å². The number of nitrogens with one attached hydrogen (secondary N) is 3. The van der Waals surface area contributed by atoms with Gasteiger partial charge in [0.25, 0.3) is 10.0 Å². The van der Waals surface area contributed by atoms with E-state index >= 15 is 0 Å². The van der Waals surface area contributed by atoms with Gasteiger partial charge in [-0.25, -0.2) is 13.4 Å². The van der Waals surface area contributed by atoms with Crippen LogP contribution in [0.25, 0.3) is 21.6 Å². The summed E-state index contributed by atoms with van der Waals surface area (Å²) in [6, 6.07) is 10.9. The Balaban J connectivity index is 1.54. The van der Waals surface area contributed by atoms with Crippen molar-refractivity contribution in [3.8, 4) is 10.7 Å². The van der Waals surface area contributed by atoms with Crippen molar-refractivity contribution in [1.29, 1.82) is 0 Å². The molecule has 11 heteroatoms. The molecule has 3 N–H and O–H groups in total. The van der Waals surface area contributed by atoms with Crippen molar-refractivity contribution in [2.45, 2.75) is 17.7 Å². The van der Waals surface area contributed by atoms with E-state index in [1.807, 2.05) is 24.4 Å². The fraction of sp³-hybridized carbons (Fsp3) is 0.238. The molecule has 0 aliphatic heterocycles. The smallest absolute Gasteiger partial charge is 0.273 e. The monoisotopic (exact) mass is 489 g/mol. The van der Waals surface area contributed by atoms with Gasteiger partial charge in [-0.1, -0.05) is 18.2 Å². The maximum absolute atomic E-state index is 13.0. The van der Waals surface area contributed by atoms with Gasteiger partial charge in [0, 0.05) is 50.1 Å². The lowest BCUT2D eigenvalue weighted by Crippen LogP contribution is -2.29. The van der Waals surface area contributed by atoms with Crippen LogP contribution in [-0.4, -0.2) is 44.4 Å². The Kier molecular flexibility index (Phi) is 6.60. The maximum Gasteiger partial charge on any atom is 0.273 e. The highest BCUT2D eigenvalue weighted by molar-refractivity contribution is 7.94. The third-order valence-electron chi connectivity index (χ3n) is 4.84. The Morgan fingerprint density at radius 3 is 2.81 bits per heavy atom. The topological polar surface area (TPSA) is 107 Å². The number of aromatic amines is 1. The lowest BCUT2D eigenvalue weighted by atomic mass is 10.2. The van der Waals surface area contributed by atoms with E-state index in [0.717, 1.165) is 26.5 Å². The molecular formula is C21H23N5O3S3. The van der Waals surface area contributed by atoms with Crippen molar-refractivity contribution in [1.82, 2.24) is 20.6 Å². The number of carbonyl (C=O) groups is 1. The average Bonchev–Trinajstić information content (AvgIpc) is 3.52. The molecule has 3 heterocycles. The first-order valence-corrected chi connectivity index (χ1v) is 13.0. The summed E-state index contributed by atoms with van der Waals surface area (Å²) in [6.45, 7) is 3.41. The molecule has 1 aromatic carbocycles. The number of sulfonamides is 1. The zero-order valence-corrected chi connectivity index (χ0v) is 20.0. The molecule has 0 bridgehead atoms. The van der Waals surface area contributed by atoms with Gasteiger partial charge >= 0.3 is 0 Å². The number of benzene rings is 1. The Bertz CT molecular complexity index is 1330. The van der Waals surface area contributed by atoms with Gasteiger partial charge < -0.3 is 15.6 Å². The summed E-state index contributed by atoms with van der Waals surface area (Å²) in [7, 11) is -2.06. The van der Waals surface area contributed by atoms with Crippen LogP contribution in [-0.2, 0) is 21.4 Å². The highest BCUT2D eigenvalue weighted by atomic mass is 32.2. The summed E-state index contributed by atoms with van der Waals surface area (Å²) in [5.74, 6) is -0.0427. The summed E-state index contributed by atoms with van der Waals surface area (Å²) >= 11 is 2.76. The van der Waals surface area contributed by atoms with Gasteiger partial charge in [-0.15, -0.1) is 22.7 Å². The first-order valence-electron chi connectivity index (χ1n) is 9.90. The van der Waals surface area contributed by atoms with Gasteiger partial charge in [-0.2, -0.15) is 0 Å². The lowest BCUT2D eigenvalue weighted by molar-refractivity contribution is -0.118. The second-order valence-corrected chi connectivity index (χ2v) is 11.4. The molecule has 4 aromatic rings. The molecule has 0 atom stereocenters. The minimum absolute atomic E-state index is 0.0427. The Hall–Kier alpha value is -2.73. The van der Waals surface area contributed by atoms with Gasteiger partial charge in [0.2, 0.25) is 5.91 Å². The van der Waals surface area contributed by atoms with Crippen LogP contribution >= 0.6 is 22.7 Å². The standard InChI is InChI=1S/C21H23N5O3S3/c1-14(27)23-9-8-22-12-16-13-24-21(31-16)17-11-15-5-3-6-18(20(15)25-17)26(2)32(28,29)19-7-4-10-30-19/h3-7,10-11,13,22,25H,8-9,12H2,1-2H3,(H,23,27). The molecule has 0 spiro atoms. The molecule has 0 saturated carbocycles. The van der Waals surface area contributed by atoms with Crippen LogP contribution in [0, 0.1) is 0 Å². The Morgan fingerprint density at radius 2 is 2.06 bits per heavy atom. The number of thiophene rings is 1. The fourth-order valence-electron chi connectivity index (χ4n) is 3.24. The minimum atomic E-state index is -3.63. The second-order valence-electron chi connectivity index (χ2n) is 7.12. The van der Waals surface area contributed by atoms with E-state index in [1.165, 1.54) is 22.6 Å². The number of hydrogen-bond acceptors (Lipinski definition) is 7. The van der Waals surface area contributed by atoms with Crippen LogP contribution in [0.4, 0.5) is 5.69 Å². The quantitative estimate of drug-likeness (QED) is 0.312. The van der Waals surface area contributed by atoms with E-state index in [-0.39, 0.29) is 5.91 Å². The van der Waals surface area contributed by atoms with Crippen molar-refractivity contribution in [3.05, 3.63) is 52.9 Å². The molecule has 0 aliphatic rings. The predicted octanol–water partition coefficient (Wildman–Crippen LogP) is 3.40. The highest BCUT2D eigenvalue weighted by Crippen LogP contribution is 2.34. The highest BCUT2D eigenvalue weighted by Gasteiger charge is 2.24. The van der Waals surface area contributed by atoms with Crippen molar-refractivity contribution < 1.29 is 13.2 Å². The van der Waals surface area contributed by atoms with Crippen LogP contribution in [0.3, 0.4) is 0 Å². The van der Waals surface area contributed by atoms with Crippen LogP contribution in [0.5, 0.6) is 0 Å². The third kappa shape index (κ3) is 4.70. The van der Waals surface area contributed by atoms with Crippen molar-refractivity contribution in [2.24, 2.45) is 0 Å². The number of fused-ring (bicyclic) bond motifs is 1. The normalized spacial score (nSPS) is 11.7. The number of thiazole rings is 1. The van der Waals surface area contributed by atoms with E-state index in [2.05, 4.69) is 20.6 Å². The van der Waals surface area contributed by atoms with Gasteiger partial charge in [0.1, 0.15) is 9.22 Å². The van der Waals surface area contributed by atoms with Crippen LogP contribution in [0.15, 0.2) is 52.2 Å². The van der Waals surface area contributed by atoms with E-state index < -0.39 is 10.0 Å². The zero-order valence-electron chi connectivity index (χ0n) is 17.6. The number of aromatic nitrogens is 2. The first kappa shape index (κ1) is 22.5. The van der Waals surface area contributed by atoms with Crippen LogP contribution in [0.2, 0.25) is 0 Å². The number of hydrogen-bond donors (Lipinski definition) is 3. The predicted molar refractivity (Wildman–Crippen MR) is 130 cm³/mol. The second kappa shape index (κ2) is 9.41. The molecule has 0 aliphatic carbocycles. The van der Waals surface area contributed by atoms with Gasteiger partial charge in [0.15, 0.2) is 0 Å². The maximum atomic E-state index is 13.0. The SMILES string of the molecule is CC(=O)NCCNCc1cnc(-c2cc3cccc(N(C)S(=O)(=O)c4cccs4)c3[nH]2)s1. The Labute approximate surface area is 194 Å². The summed E-state index contributed by atoms with van der Waals surface area (Å²) in [5, 5.41) is 9.52. The van der Waals surface area contributed by atoms with Crippen molar-refractivity contribution in [2.75, 3.05) is 24.4 Å². The number of carbonyl (C=O) groups excluding carboxylic acids is 1. The van der Waals surface area contributed by atoms with Crippen LogP contribution < -0.4 is 14.9 Å². The molecule has 4 rings (SSSR count). The molecule has 0 unspecified atom stereocenters.